The number of primary amides is 1. The van der Waals surface area contributed by atoms with Crippen LogP contribution in [0.25, 0.3) is 0 Å². The highest BCUT2D eigenvalue weighted by atomic mass is 16.2. The van der Waals surface area contributed by atoms with Gasteiger partial charge < -0.3 is 10.6 Å². The van der Waals surface area contributed by atoms with Gasteiger partial charge in [0.1, 0.15) is 6.04 Å². The lowest BCUT2D eigenvalue weighted by molar-refractivity contribution is -0.120. The molecule has 1 aliphatic rings. The average molecular weight is 320 g/mol. The summed E-state index contributed by atoms with van der Waals surface area (Å²) in [4.78, 5) is 25.3. The van der Waals surface area contributed by atoms with Gasteiger partial charge in [-0.25, -0.2) is 0 Å². The third-order valence-electron chi connectivity index (χ3n) is 3.66. The van der Waals surface area contributed by atoms with Crippen molar-refractivity contribution in [2.45, 2.75) is 6.04 Å². The molecule has 0 saturated heterocycles. The average Bonchev–Trinajstić information content (AvgIpc) is 3.11. The van der Waals surface area contributed by atoms with Gasteiger partial charge in [0.05, 0.1) is 11.4 Å². The largest absolute Gasteiger partial charge is 0.368 e. The fourth-order valence-electron chi connectivity index (χ4n) is 2.43. The number of carbonyl (C=O) groups excluding carboxylic acids is 2. The van der Waals surface area contributed by atoms with Crippen molar-refractivity contribution >= 4 is 23.2 Å². The molecule has 1 unspecified atom stereocenters. The molecule has 1 aliphatic heterocycles. The lowest BCUT2D eigenvalue weighted by atomic mass is 10.1. The fourth-order valence-corrected chi connectivity index (χ4v) is 2.43. The number of azo groups is 1. The summed E-state index contributed by atoms with van der Waals surface area (Å²) in [5, 5.41) is 8.25. The van der Waals surface area contributed by atoms with Crippen LogP contribution in [-0.4, -0.2) is 29.3 Å². The SMILES string of the molecule is NC(=O)C1C=CCN1C(=O)c1ccc(N=Nc2ccccc2)cc1. The molecule has 2 aromatic rings. The van der Waals surface area contributed by atoms with Crippen molar-refractivity contribution in [3.63, 3.8) is 0 Å². The van der Waals surface area contributed by atoms with Crippen molar-refractivity contribution in [2.24, 2.45) is 16.0 Å². The van der Waals surface area contributed by atoms with Crippen LogP contribution < -0.4 is 5.73 Å². The van der Waals surface area contributed by atoms with Crippen LogP contribution >= 0.6 is 0 Å². The molecule has 2 N–H and O–H groups in total. The molecule has 6 nitrogen and oxygen atoms in total. The second-order valence-corrected chi connectivity index (χ2v) is 5.32. The Kier molecular flexibility index (Phi) is 4.47. The lowest BCUT2D eigenvalue weighted by Crippen LogP contribution is -2.44. The van der Waals surface area contributed by atoms with Crippen LogP contribution in [0.5, 0.6) is 0 Å². The molecule has 0 spiro atoms. The van der Waals surface area contributed by atoms with E-state index in [-0.39, 0.29) is 5.91 Å². The molecule has 0 fully saturated rings. The number of nitrogens with two attached hydrogens (primary N) is 1. The maximum absolute atomic E-state index is 12.5. The number of hydrogen-bond donors (Lipinski definition) is 1. The van der Waals surface area contributed by atoms with Crippen LogP contribution in [-0.2, 0) is 4.79 Å². The molecule has 1 atom stereocenters. The minimum atomic E-state index is -0.685. The van der Waals surface area contributed by atoms with Gasteiger partial charge in [0, 0.05) is 12.1 Å². The normalized spacial score (nSPS) is 16.7. The van der Waals surface area contributed by atoms with Crippen LogP contribution in [0.15, 0.2) is 77.0 Å². The van der Waals surface area contributed by atoms with E-state index in [2.05, 4.69) is 10.2 Å². The van der Waals surface area contributed by atoms with Crippen molar-refractivity contribution in [3.8, 4) is 0 Å². The zero-order valence-electron chi connectivity index (χ0n) is 12.9. The number of hydrogen-bond acceptors (Lipinski definition) is 4. The molecule has 0 saturated carbocycles. The Labute approximate surface area is 139 Å². The van der Waals surface area contributed by atoms with Gasteiger partial charge in [-0.3, -0.25) is 9.59 Å². The molecule has 2 aromatic carbocycles. The zero-order chi connectivity index (χ0) is 16.9. The summed E-state index contributed by atoms with van der Waals surface area (Å²) in [5.74, 6) is -0.777. The van der Waals surface area contributed by atoms with Gasteiger partial charge >= 0.3 is 0 Å². The van der Waals surface area contributed by atoms with Gasteiger partial charge in [0.2, 0.25) is 5.91 Å². The second kappa shape index (κ2) is 6.87. The van der Waals surface area contributed by atoms with Gasteiger partial charge in [-0.1, -0.05) is 30.4 Å². The predicted molar refractivity (Wildman–Crippen MR) is 90.2 cm³/mol. The Bertz CT molecular complexity index is 798. The van der Waals surface area contributed by atoms with E-state index < -0.39 is 11.9 Å². The van der Waals surface area contributed by atoms with E-state index in [4.69, 9.17) is 5.73 Å². The molecule has 0 aromatic heterocycles. The molecule has 3 rings (SSSR count). The van der Waals surface area contributed by atoms with E-state index >= 15 is 0 Å². The van der Waals surface area contributed by atoms with Crippen LogP contribution in [0.2, 0.25) is 0 Å². The zero-order valence-corrected chi connectivity index (χ0v) is 12.9. The standard InChI is InChI=1S/C18H16N4O2/c19-17(23)16-7-4-12-22(16)18(24)13-8-10-15(11-9-13)21-20-14-5-2-1-3-6-14/h1-11,16H,12H2,(H2,19,23). The van der Waals surface area contributed by atoms with Crippen molar-refractivity contribution in [3.05, 3.63) is 72.3 Å². The Balaban J connectivity index is 1.71. The summed E-state index contributed by atoms with van der Waals surface area (Å²) in [5.41, 5.74) is 7.18. The van der Waals surface area contributed by atoms with Crippen LogP contribution in [0.1, 0.15) is 10.4 Å². The first-order chi connectivity index (χ1) is 11.6. The first kappa shape index (κ1) is 15.6. The van der Waals surface area contributed by atoms with E-state index in [1.807, 2.05) is 30.3 Å². The summed E-state index contributed by atoms with van der Waals surface area (Å²) in [6.07, 6.45) is 3.40. The Morgan fingerprint density at radius 1 is 0.958 bits per heavy atom. The van der Waals surface area contributed by atoms with Gasteiger partial charge in [-0.15, -0.1) is 0 Å². The van der Waals surface area contributed by atoms with Crippen molar-refractivity contribution in [2.75, 3.05) is 6.54 Å². The monoisotopic (exact) mass is 320 g/mol. The quantitative estimate of drug-likeness (QED) is 0.693. The second-order valence-electron chi connectivity index (χ2n) is 5.32. The number of nitrogens with zero attached hydrogens (tertiary/aromatic N) is 3. The fraction of sp³-hybridized carbons (Fsp3) is 0.111. The predicted octanol–water partition coefficient (Wildman–Crippen LogP) is 2.97. The van der Waals surface area contributed by atoms with Crippen LogP contribution in [0.3, 0.4) is 0 Å². The molecule has 1 heterocycles. The van der Waals surface area contributed by atoms with E-state index in [1.165, 1.54) is 4.90 Å². The van der Waals surface area contributed by atoms with Crippen LogP contribution in [0, 0.1) is 0 Å². The molecular formula is C18H16N4O2. The molecular weight excluding hydrogens is 304 g/mol. The maximum atomic E-state index is 12.5. The Morgan fingerprint density at radius 3 is 2.21 bits per heavy atom. The molecule has 2 amide bonds. The highest BCUT2D eigenvalue weighted by Crippen LogP contribution is 2.20. The molecule has 0 aliphatic carbocycles. The van der Waals surface area contributed by atoms with Crippen molar-refractivity contribution < 1.29 is 9.59 Å². The first-order valence-electron chi connectivity index (χ1n) is 7.49. The summed E-state index contributed by atoms with van der Waals surface area (Å²) in [6, 6.07) is 15.4. The first-order valence-corrected chi connectivity index (χ1v) is 7.49. The Morgan fingerprint density at radius 2 is 1.58 bits per heavy atom. The lowest BCUT2D eigenvalue weighted by Gasteiger charge is -2.22. The summed E-state index contributed by atoms with van der Waals surface area (Å²) in [7, 11) is 0. The van der Waals surface area contributed by atoms with Gasteiger partial charge in [-0.05, 0) is 36.4 Å². The highest BCUT2D eigenvalue weighted by Gasteiger charge is 2.29. The van der Waals surface area contributed by atoms with E-state index in [9.17, 15) is 9.59 Å². The minimum Gasteiger partial charge on any atom is -0.368 e. The maximum Gasteiger partial charge on any atom is 0.255 e. The molecule has 0 bridgehead atoms. The molecule has 120 valence electrons. The van der Waals surface area contributed by atoms with Crippen molar-refractivity contribution in [1.82, 2.24) is 4.90 Å². The number of benzene rings is 2. The minimum absolute atomic E-state index is 0.240. The smallest absolute Gasteiger partial charge is 0.255 e. The van der Waals surface area contributed by atoms with E-state index in [0.29, 0.717) is 17.8 Å². The molecule has 24 heavy (non-hydrogen) atoms. The highest BCUT2D eigenvalue weighted by molar-refractivity contribution is 5.98. The van der Waals surface area contributed by atoms with E-state index in [0.717, 1.165) is 5.69 Å². The molecule has 0 radical (unpaired) electrons. The number of amides is 2. The topological polar surface area (TPSA) is 88.1 Å². The van der Waals surface area contributed by atoms with Gasteiger partial charge in [0.25, 0.3) is 5.91 Å². The Hall–Kier alpha value is -3.28. The van der Waals surface area contributed by atoms with Gasteiger partial charge in [0.15, 0.2) is 0 Å². The van der Waals surface area contributed by atoms with Crippen molar-refractivity contribution in [1.29, 1.82) is 0 Å². The van der Waals surface area contributed by atoms with E-state index in [1.54, 1.807) is 36.4 Å². The summed E-state index contributed by atoms with van der Waals surface area (Å²) in [6.45, 7) is 0.377. The number of carbonyl (C=O) groups is 2. The third-order valence-corrected chi connectivity index (χ3v) is 3.66. The van der Waals surface area contributed by atoms with Crippen LogP contribution in [0.4, 0.5) is 11.4 Å². The summed E-state index contributed by atoms with van der Waals surface area (Å²) < 4.78 is 0. The summed E-state index contributed by atoms with van der Waals surface area (Å²) >= 11 is 0. The van der Waals surface area contributed by atoms with Gasteiger partial charge in [-0.2, -0.15) is 10.2 Å². The third kappa shape index (κ3) is 3.38. The number of rotatable bonds is 4. The molecule has 6 heteroatoms.